The molecule has 0 rings (SSSR count). The molecule has 0 aromatic carbocycles. The Hall–Kier alpha value is -0.660. The first kappa shape index (κ1) is 9.34. The lowest BCUT2D eigenvalue weighted by atomic mass is 10.0. The van der Waals surface area contributed by atoms with Crippen LogP contribution in [0.5, 0.6) is 0 Å². The van der Waals surface area contributed by atoms with Crippen molar-refractivity contribution in [3.8, 4) is 0 Å². The third-order valence-corrected chi connectivity index (χ3v) is 1.36. The zero-order chi connectivity index (χ0) is 8.36. The first-order valence-electron chi connectivity index (χ1n) is 3.22. The normalized spacial score (nSPS) is 13.5. The number of alkyl halides is 1. The van der Waals surface area contributed by atoms with E-state index in [1.165, 1.54) is 26.8 Å². The molecule has 2 heteroatoms. The molecule has 58 valence electrons. The SMILES string of the molecule is CC(=O)/C=C(\C)C(C)(C)F. The number of allylic oxidation sites excluding steroid dienone is 2. The van der Waals surface area contributed by atoms with Crippen LogP contribution in [0.15, 0.2) is 11.6 Å². The summed E-state index contributed by atoms with van der Waals surface area (Å²) >= 11 is 0. The second kappa shape index (κ2) is 2.95. The molecule has 0 heterocycles. The molecule has 0 spiro atoms. The van der Waals surface area contributed by atoms with Crippen LogP contribution in [0.25, 0.3) is 0 Å². The molecule has 0 bridgehead atoms. The van der Waals surface area contributed by atoms with Gasteiger partial charge >= 0.3 is 0 Å². The minimum atomic E-state index is -1.37. The van der Waals surface area contributed by atoms with Crippen molar-refractivity contribution in [2.75, 3.05) is 0 Å². The predicted octanol–water partition coefficient (Wildman–Crippen LogP) is 2.27. The van der Waals surface area contributed by atoms with Gasteiger partial charge in [0, 0.05) is 0 Å². The Morgan fingerprint density at radius 1 is 1.40 bits per heavy atom. The van der Waals surface area contributed by atoms with Crippen LogP contribution >= 0.6 is 0 Å². The summed E-state index contributed by atoms with van der Waals surface area (Å²) in [6.45, 7) is 5.89. The van der Waals surface area contributed by atoms with Crippen LogP contribution in [-0.2, 0) is 4.79 Å². The molecule has 0 N–H and O–H groups in total. The van der Waals surface area contributed by atoms with Crippen LogP contribution in [0.4, 0.5) is 4.39 Å². The molecule has 1 nitrogen and oxygen atoms in total. The molecule has 0 aliphatic carbocycles. The number of carbonyl (C=O) groups is 1. The van der Waals surface area contributed by atoms with Gasteiger partial charge in [0.1, 0.15) is 5.67 Å². The predicted molar refractivity (Wildman–Crippen MR) is 39.6 cm³/mol. The Morgan fingerprint density at radius 3 is 1.90 bits per heavy atom. The van der Waals surface area contributed by atoms with Crippen LogP contribution in [0.2, 0.25) is 0 Å². The van der Waals surface area contributed by atoms with Crippen molar-refractivity contribution in [1.82, 2.24) is 0 Å². The van der Waals surface area contributed by atoms with Gasteiger partial charge in [0.15, 0.2) is 5.78 Å². The number of rotatable bonds is 2. The highest BCUT2D eigenvalue weighted by Crippen LogP contribution is 2.19. The van der Waals surface area contributed by atoms with Crippen molar-refractivity contribution >= 4 is 5.78 Å². The van der Waals surface area contributed by atoms with Crippen LogP contribution in [0, 0.1) is 0 Å². The van der Waals surface area contributed by atoms with Crippen molar-refractivity contribution in [3.05, 3.63) is 11.6 Å². The molecule has 0 fully saturated rings. The van der Waals surface area contributed by atoms with Gasteiger partial charge < -0.3 is 0 Å². The fraction of sp³-hybridized carbons (Fsp3) is 0.625. The molecule has 0 aliphatic heterocycles. The van der Waals surface area contributed by atoms with Gasteiger partial charge in [-0.05, 0) is 39.3 Å². The molecule has 0 aromatic rings. The standard InChI is InChI=1S/C8H13FO/c1-6(5-7(2)10)8(3,4)9/h5H,1-4H3/b6-5+. The second-order valence-corrected chi connectivity index (χ2v) is 2.91. The van der Waals surface area contributed by atoms with Crippen molar-refractivity contribution < 1.29 is 9.18 Å². The highest BCUT2D eigenvalue weighted by molar-refractivity contribution is 5.88. The van der Waals surface area contributed by atoms with E-state index < -0.39 is 5.67 Å². The fourth-order valence-electron chi connectivity index (χ4n) is 0.477. The Bertz CT molecular complexity index is 163. The van der Waals surface area contributed by atoms with Crippen LogP contribution in [0.3, 0.4) is 0 Å². The van der Waals surface area contributed by atoms with E-state index in [1.807, 2.05) is 0 Å². The Balaban J connectivity index is 4.35. The average molecular weight is 144 g/mol. The molecule has 0 amide bonds. The molecule has 0 aliphatic rings. The van der Waals surface area contributed by atoms with Gasteiger partial charge in [0.25, 0.3) is 0 Å². The monoisotopic (exact) mass is 144 g/mol. The van der Waals surface area contributed by atoms with E-state index in [2.05, 4.69) is 0 Å². The summed E-state index contributed by atoms with van der Waals surface area (Å²) in [5, 5.41) is 0. The van der Waals surface area contributed by atoms with E-state index in [9.17, 15) is 9.18 Å². The lowest BCUT2D eigenvalue weighted by Crippen LogP contribution is -2.14. The Kier molecular flexibility index (Phi) is 2.76. The fourth-order valence-corrected chi connectivity index (χ4v) is 0.477. The Labute approximate surface area is 60.9 Å². The van der Waals surface area contributed by atoms with Gasteiger partial charge in [0.05, 0.1) is 0 Å². The largest absolute Gasteiger partial charge is 0.295 e. The zero-order valence-corrected chi connectivity index (χ0v) is 6.86. The molecular weight excluding hydrogens is 131 g/mol. The van der Waals surface area contributed by atoms with E-state index >= 15 is 0 Å². The average Bonchev–Trinajstić information content (AvgIpc) is 1.60. The lowest BCUT2D eigenvalue weighted by Gasteiger charge is -2.13. The summed E-state index contributed by atoms with van der Waals surface area (Å²) in [5.41, 5.74) is -0.897. The van der Waals surface area contributed by atoms with Crippen molar-refractivity contribution in [1.29, 1.82) is 0 Å². The molecule has 0 radical (unpaired) electrons. The summed E-state index contributed by atoms with van der Waals surface area (Å²) in [4.78, 5) is 10.5. The van der Waals surface area contributed by atoms with Gasteiger partial charge in [-0.15, -0.1) is 0 Å². The van der Waals surface area contributed by atoms with Crippen LogP contribution in [0.1, 0.15) is 27.7 Å². The van der Waals surface area contributed by atoms with Crippen LogP contribution in [-0.4, -0.2) is 11.5 Å². The van der Waals surface area contributed by atoms with Gasteiger partial charge in [-0.2, -0.15) is 0 Å². The Morgan fingerprint density at radius 2 is 1.80 bits per heavy atom. The van der Waals surface area contributed by atoms with Gasteiger partial charge in [0.2, 0.25) is 0 Å². The maximum Gasteiger partial charge on any atom is 0.152 e. The first-order chi connectivity index (χ1) is 4.34. The van der Waals surface area contributed by atoms with E-state index in [4.69, 9.17) is 0 Å². The van der Waals surface area contributed by atoms with Crippen molar-refractivity contribution in [2.24, 2.45) is 0 Å². The highest BCUT2D eigenvalue weighted by atomic mass is 19.1. The third kappa shape index (κ3) is 3.38. The summed E-state index contributed by atoms with van der Waals surface area (Å²) in [6, 6.07) is 0. The lowest BCUT2D eigenvalue weighted by molar-refractivity contribution is -0.112. The highest BCUT2D eigenvalue weighted by Gasteiger charge is 2.17. The van der Waals surface area contributed by atoms with E-state index in [-0.39, 0.29) is 5.78 Å². The topological polar surface area (TPSA) is 17.1 Å². The maximum atomic E-state index is 12.9. The van der Waals surface area contributed by atoms with E-state index in [0.29, 0.717) is 5.57 Å². The smallest absolute Gasteiger partial charge is 0.152 e. The third-order valence-electron chi connectivity index (χ3n) is 1.36. The molecule has 0 atom stereocenters. The van der Waals surface area contributed by atoms with E-state index in [1.54, 1.807) is 6.92 Å². The molecule has 0 saturated heterocycles. The summed E-state index contributed by atoms with van der Waals surface area (Å²) in [5.74, 6) is -0.108. The molecule has 0 aromatic heterocycles. The van der Waals surface area contributed by atoms with Crippen molar-refractivity contribution in [3.63, 3.8) is 0 Å². The zero-order valence-electron chi connectivity index (χ0n) is 6.86. The summed E-state index contributed by atoms with van der Waals surface area (Å²) < 4.78 is 12.9. The molecule has 0 saturated carbocycles. The number of ketones is 1. The number of hydrogen-bond acceptors (Lipinski definition) is 1. The van der Waals surface area contributed by atoms with Crippen LogP contribution < -0.4 is 0 Å². The number of hydrogen-bond donors (Lipinski definition) is 0. The quantitative estimate of drug-likeness (QED) is 0.543. The molecule has 0 unspecified atom stereocenters. The minimum absolute atomic E-state index is 0.108. The molecular formula is C8H13FO. The maximum absolute atomic E-state index is 12.9. The number of carbonyl (C=O) groups excluding carboxylic acids is 1. The van der Waals surface area contributed by atoms with Gasteiger partial charge in [-0.25, -0.2) is 4.39 Å². The molecule has 10 heavy (non-hydrogen) atoms. The first-order valence-corrected chi connectivity index (χ1v) is 3.22. The van der Waals surface area contributed by atoms with Crippen molar-refractivity contribution in [2.45, 2.75) is 33.4 Å². The minimum Gasteiger partial charge on any atom is -0.295 e. The van der Waals surface area contributed by atoms with E-state index in [0.717, 1.165) is 0 Å². The van der Waals surface area contributed by atoms with Gasteiger partial charge in [-0.3, -0.25) is 4.79 Å². The second-order valence-electron chi connectivity index (χ2n) is 2.91. The summed E-state index contributed by atoms with van der Waals surface area (Å²) in [6.07, 6.45) is 1.32. The number of halogens is 1. The van der Waals surface area contributed by atoms with Gasteiger partial charge in [-0.1, -0.05) is 0 Å². The summed E-state index contributed by atoms with van der Waals surface area (Å²) in [7, 11) is 0.